The number of nitrogens with zero attached hydrogens (tertiary/aromatic N) is 1. The summed E-state index contributed by atoms with van der Waals surface area (Å²) in [6.07, 6.45) is 3.81. The van der Waals surface area contributed by atoms with Gasteiger partial charge in [0.15, 0.2) is 0 Å². The van der Waals surface area contributed by atoms with Crippen molar-refractivity contribution in [1.29, 1.82) is 0 Å². The van der Waals surface area contributed by atoms with Gasteiger partial charge in [0.05, 0.1) is 0 Å². The van der Waals surface area contributed by atoms with Crippen molar-refractivity contribution in [3.63, 3.8) is 0 Å². The second kappa shape index (κ2) is 5.09. The average Bonchev–Trinajstić information content (AvgIpc) is 2.96. The highest BCUT2D eigenvalue weighted by atomic mass is 32.1. The van der Waals surface area contributed by atoms with Crippen molar-refractivity contribution in [3.8, 4) is 0 Å². The molecule has 1 aromatic heterocycles. The third-order valence-electron chi connectivity index (χ3n) is 4.49. The molecule has 3 atom stereocenters. The van der Waals surface area contributed by atoms with Gasteiger partial charge in [0, 0.05) is 23.0 Å². The third kappa shape index (κ3) is 2.42. The van der Waals surface area contributed by atoms with Gasteiger partial charge >= 0.3 is 0 Å². The Labute approximate surface area is 109 Å². The van der Waals surface area contributed by atoms with Crippen LogP contribution in [-0.2, 0) is 0 Å². The Morgan fingerprint density at radius 3 is 2.88 bits per heavy atom. The molecule has 1 aliphatic carbocycles. The largest absolute Gasteiger partial charge is 0.329 e. The molecule has 2 nitrogen and oxygen atoms in total. The molecule has 1 saturated carbocycles. The molecule has 0 spiro atoms. The summed E-state index contributed by atoms with van der Waals surface area (Å²) in [5.74, 6) is 0.816. The van der Waals surface area contributed by atoms with Gasteiger partial charge in [-0.3, -0.25) is 4.90 Å². The van der Waals surface area contributed by atoms with Crippen LogP contribution in [0.15, 0.2) is 17.5 Å². The van der Waals surface area contributed by atoms with Gasteiger partial charge in [-0.1, -0.05) is 13.0 Å². The summed E-state index contributed by atoms with van der Waals surface area (Å²) in [5, 5.41) is 2.16. The van der Waals surface area contributed by atoms with Gasteiger partial charge in [0.2, 0.25) is 0 Å². The molecule has 3 unspecified atom stereocenters. The fourth-order valence-electron chi connectivity index (χ4n) is 3.15. The van der Waals surface area contributed by atoms with E-state index in [2.05, 4.69) is 43.3 Å². The van der Waals surface area contributed by atoms with Gasteiger partial charge in [-0.15, -0.1) is 11.3 Å². The smallest absolute Gasteiger partial charge is 0.0416 e. The molecule has 0 amide bonds. The zero-order valence-electron chi connectivity index (χ0n) is 11.1. The van der Waals surface area contributed by atoms with E-state index in [9.17, 15) is 0 Å². The summed E-state index contributed by atoms with van der Waals surface area (Å²) in [6, 6.07) is 4.84. The minimum atomic E-state index is 0.225. The summed E-state index contributed by atoms with van der Waals surface area (Å²) in [4.78, 5) is 3.96. The minimum absolute atomic E-state index is 0.225. The second-order valence-electron chi connectivity index (χ2n) is 5.58. The quantitative estimate of drug-likeness (QED) is 0.891. The van der Waals surface area contributed by atoms with Crippen molar-refractivity contribution in [2.75, 3.05) is 13.6 Å². The molecule has 0 radical (unpaired) electrons. The minimum Gasteiger partial charge on any atom is -0.329 e. The molecular weight excluding hydrogens is 228 g/mol. The normalized spacial score (nSPS) is 31.0. The predicted molar refractivity (Wildman–Crippen MR) is 75.3 cm³/mol. The number of nitrogens with two attached hydrogens (primary N) is 1. The molecule has 96 valence electrons. The summed E-state index contributed by atoms with van der Waals surface area (Å²) >= 11 is 1.85. The van der Waals surface area contributed by atoms with Crippen LogP contribution in [0.25, 0.3) is 0 Å². The molecule has 2 rings (SSSR count). The monoisotopic (exact) mass is 252 g/mol. The number of hydrogen-bond donors (Lipinski definition) is 1. The van der Waals surface area contributed by atoms with Crippen LogP contribution in [0.5, 0.6) is 0 Å². The van der Waals surface area contributed by atoms with E-state index in [1.54, 1.807) is 0 Å². The maximum atomic E-state index is 6.08. The maximum absolute atomic E-state index is 6.08. The van der Waals surface area contributed by atoms with Gasteiger partial charge in [-0.2, -0.15) is 0 Å². The first kappa shape index (κ1) is 13.1. The summed E-state index contributed by atoms with van der Waals surface area (Å²) in [7, 11) is 2.25. The van der Waals surface area contributed by atoms with Crippen molar-refractivity contribution >= 4 is 11.3 Å². The highest BCUT2D eigenvalue weighted by molar-refractivity contribution is 7.10. The fraction of sp³-hybridized carbons (Fsp3) is 0.714. The molecule has 1 fully saturated rings. The van der Waals surface area contributed by atoms with Crippen LogP contribution < -0.4 is 5.73 Å². The number of likely N-dealkylation sites (N-methyl/N-ethyl adjacent to an activating group) is 1. The molecular formula is C14H24N2S. The van der Waals surface area contributed by atoms with Gasteiger partial charge in [0.25, 0.3) is 0 Å². The molecule has 3 heteroatoms. The predicted octanol–water partition coefficient (Wildman–Crippen LogP) is 3.26. The molecule has 1 heterocycles. The van der Waals surface area contributed by atoms with Crippen LogP contribution in [0.3, 0.4) is 0 Å². The molecule has 2 N–H and O–H groups in total. The maximum Gasteiger partial charge on any atom is 0.0416 e. The van der Waals surface area contributed by atoms with E-state index in [0.29, 0.717) is 6.04 Å². The summed E-state index contributed by atoms with van der Waals surface area (Å²) in [6.45, 7) is 5.43. The summed E-state index contributed by atoms with van der Waals surface area (Å²) in [5.41, 5.74) is 6.31. The van der Waals surface area contributed by atoms with Crippen molar-refractivity contribution in [2.24, 2.45) is 11.7 Å². The van der Waals surface area contributed by atoms with Crippen molar-refractivity contribution in [1.82, 2.24) is 4.90 Å². The van der Waals surface area contributed by atoms with Crippen LogP contribution in [0.1, 0.15) is 44.0 Å². The fourth-order valence-corrected chi connectivity index (χ4v) is 3.97. The van der Waals surface area contributed by atoms with E-state index in [4.69, 9.17) is 5.73 Å². The van der Waals surface area contributed by atoms with E-state index < -0.39 is 0 Å². The zero-order valence-corrected chi connectivity index (χ0v) is 12.0. The number of hydrogen-bond acceptors (Lipinski definition) is 3. The van der Waals surface area contributed by atoms with E-state index >= 15 is 0 Å². The number of thiophene rings is 1. The van der Waals surface area contributed by atoms with Crippen LogP contribution in [0.4, 0.5) is 0 Å². The molecule has 0 aliphatic heterocycles. The van der Waals surface area contributed by atoms with Crippen LogP contribution >= 0.6 is 11.3 Å². The topological polar surface area (TPSA) is 29.3 Å². The van der Waals surface area contributed by atoms with Gasteiger partial charge in [0.1, 0.15) is 0 Å². The SMILES string of the molecule is CC1CCC(CN)(N(C)C(C)c2cccs2)C1. The molecule has 17 heavy (non-hydrogen) atoms. The second-order valence-corrected chi connectivity index (χ2v) is 6.56. The average molecular weight is 252 g/mol. The first-order valence-electron chi connectivity index (χ1n) is 6.55. The highest BCUT2D eigenvalue weighted by Crippen LogP contribution is 2.41. The summed E-state index contributed by atoms with van der Waals surface area (Å²) < 4.78 is 0. The Kier molecular flexibility index (Phi) is 3.91. The lowest BCUT2D eigenvalue weighted by Crippen LogP contribution is -2.51. The first-order valence-corrected chi connectivity index (χ1v) is 7.43. The molecule has 0 aromatic carbocycles. The van der Waals surface area contributed by atoms with Gasteiger partial charge in [-0.05, 0) is 50.6 Å². The molecule has 1 aromatic rings. The Balaban J connectivity index is 2.15. The van der Waals surface area contributed by atoms with E-state index in [1.807, 2.05) is 11.3 Å². The van der Waals surface area contributed by atoms with Crippen LogP contribution in [-0.4, -0.2) is 24.0 Å². The molecule has 0 saturated heterocycles. The lowest BCUT2D eigenvalue weighted by Gasteiger charge is -2.42. The van der Waals surface area contributed by atoms with Crippen molar-refractivity contribution in [2.45, 2.75) is 44.7 Å². The Morgan fingerprint density at radius 2 is 2.41 bits per heavy atom. The standard InChI is InChI=1S/C14H24N2S/c1-11-6-7-14(9-11,10-15)16(3)12(2)13-5-4-8-17-13/h4-5,8,11-12H,6-7,9-10,15H2,1-3H3. The van der Waals surface area contributed by atoms with Crippen molar-refractivity contribution in [3.05, 3.63) is 22.4 Å². The lowest BCUT2D eigenvalue weighted by molar-refractivity contribution is 0.0879. The van der Waals surface area contributed by atoms with E-state index in [1.165, 1.54) is 24.1 Å². The Hall–Kier alpha value is -0.380. The van der Waals surface area contributed by atoms with Gasteiger partial charge in [-0.25, -0.2) is 0 Å². The van der Waals surface area contributed by atoms with Gasteiger partial charge < -0.3 is 5.73 Å². The highest BCUT2D eigenvalue weighted by Gasteiger charge is 2.41. The molecule has 1 aliphatic rings. The van der Waals surface area contributed by atoms with Crippen molar-refractivity contribution < 1.29 is 0 Å². The first-order chi connectivity index (χ1) is 8.09. The Bertz CT molecular complexity index is 349. The Morgan fingerprint density at radius 1 is 1.65 bits per heavy atom. The van der Waals surface area contributed by atoms with E-state index in [0.717, 1.165) is 12.5 Å². The third-order valence-corrected chi connectivity index (χ3v) is 5.54. The van der Waals surface area contributed by atoms with Crippen LogP contribution in [0.2, 0.25) is 0 Å². The van der Waals surface area contributed by atoms with Crippen LogP contribution in [0, 0.1) is 5.92 Å². The molecule has 0 bridgehead atoms. The number of rotatable bonds is 4. The lowest BCUT2D eigenvalue weighted by atomic mass is 9.92. The zero-order chi connectivity index (χ0) is 12.5. The van der Waals surface area contributed by atoms with E-state index in [-0.39, 0.29) is 5.54 Å².